The first-order valence-electron chi connectivity index (χ1n) is 10.1. The van der Waals surface area contributed by atoms with Crippen LogP contribution in [0.5, 0.6) is 0 Å². The van der Waals surface area contributed by atoms with Gasteiger partial charge in [0.15, 0.2) is 0 Å². The minimum Gasteiger partial charge on any atom is -0.331 e. The van der Waals surface area contributed by atoms with Crippen molar-refractivity contribution in [2.45, 2.75) is 31.8 Å². The second-order valence-corrected chi connectivity index (χ2v) is 7.75. The number of carbonyl (C=O) groups excluding carboxylic acids is 2. The zero-order valence-corrected chi connectivity index (χ0v) is 16.4. The summed E-state index contributed by atoms with van der Waals surface area (Å²) in [5.74, 6) is -0.0911. The van der Waals surface area contributed by atoms with Gasteiger partial charge in [-0.1, -0.05) is 42.5 Å². The standard InChI is InChI=1S/C24H23N3O2/c1-17(28)26(19-13-14-19)16-23(29)27-21-11-6-5-10-20(21)25-15-7-12-22(25)24(27)18-8-3-2-4-9-18/h2-12,15,19,24H,13-14,16H2,1H3. The van der Waals surface area contributed by atoms with E-state index in [0.717, 1.165) is 35.5 Å². The fraction of sp³-hybridized carbons (Fsp3) is 0.250. The molecule has 2 heterocycles. The molecule has 2 aromatic carbocycles. The molecule has 0 spiro atoms. The lowest BCUT2D eigenvalue weighted by Gasteiger charge is -2.39. The molecule has 0 bridgehead atoms. The summed E-state index contributed by atoms with van der Waals surface area (Å²) in [6.45, 7) is 1.66. The summed E-state index contributed by atoms with van der Waals surface area (Å²) in [6.07, 6.45) is 4.00. The minimum absolute atomic E-state index is 0.0363. The van der Waals surface area contributed by atoms with Gasteiger partial charge in [0, 0.05) is 19.2 Å². The van der Waals surface area contributed by atoms with E-state index in [2.05, 4.69) is 22.8 Å². The van der Waals surface area contributed by atoms with Crippen LogP contribution in [0.3, 0.4) is 0 Å². The zero-order valence-electron chi connectivity index (χ0n) is 16.4. The molecule has 1 aliphatic carbocycles. The van der Waals surface area contributed by atoms with Crippen LogP contribution < -0.4 is 4.90 Å². The van der Waals surface area contributed by atoms with Crippen molar-refractivity contribution in [2.75, 3.05) is 11.4 Å². The molecule has 5 heteroatoms. The summed E-state index contributed by atoms with van der Waals surface area (Å²) in [5, 5.41) is 0. The summed E-state index contributed by atoms with van der Waals surface area (Å²) in [6, 6.07) is 22.1. The van der Waals surface area contributed by atoms with E-state index >= 15 is 0 Å². The SMILES string of the molecule is CC(=O)N(CC(=O)N1c2ccccc2-n2cccc2C1c1ccccc1)C1CC1. The van der Waals surface area contributed by atoms with Crippen LogP contribution in [-0.2, 0) is 9.59 Å². The van der Waals surface area contributed by atoms with Crippen LogP contribution in [0.1, 0.15) is 37.1 Å². The van der Waals surface area contributed by atoms with E-state index in [-0.39, 0.29) is 30.4 Å². The number of rotatable bonds is 4. The number of benzene rings is 2. The normalized spacial score (nSPS) is 17.4. The van der Waals surface area contributed by atoms with Crippen molar-refractivity contribution in [1.82, 2.24) is 9.47 Å². The Morgan fingerprint density at radius 3 is 2.31 bits per heavy atom. The van der Waals surface area contributed by atoms with Crippen molar-refractivity contribution in [3.05, 3.63) is 84.2 Å². The van der Waals surface area contributed by atoms with Crippen LogP contribution in [-0.4, -0.2) is 33.9 Å². The number of aromatic nitrogens is 1. The Hall–Kier alpha value is -3.34. The third-order valence-electron chi connectivity index (χ3n) is 5.80. The average molecular weight is 385 g/mol. The fourth-order valence-electron chi connectivity index (χ4n) is 4.32. The van der Waals surface area contributed by atoms with Crippen LogP contribution in [0.15, 0.2) is 72.9 Å². The summed E-state index contributed by atoms with van der Waals surface area (Å²) < 4.78 is 2.15. The maximum atomic E-state index is 13.6. The lowest BCUT2D eigenvalue weighted by atomic mass is 9.97. The second kappa shape index (κ2) is 6.92. The number of hydrogen-bond donors (Lipinski definition) is 0. The van der Waals surface area contributed by atoms with Crippen molar-refractivity contribution in [3.63, 3.8) is 0 Å². The first kappa shape index (κ1) is 17.7. The van der Waals surface area contributed by atoms with Crippen LogP contribution in [0.25, 0.3) is 5.69 Å². The van der Waals surface area contributed by atoms with E-state index in [9.17, 15) is 9.59 Å². The largest absolute Gasteiger partial charge is 0.331 e. The highest BCUT2D eigenvalue weighted by Crippen LogP contribution is 2.42. The molecule has 1 fully saturated rings. The van der Waals surface area contributed by atoms with Crippen molar-refractivity contribution in [3.8, 4) is 5.69 Å². The molecule has 0 radical (unpaired) electrons. The Morgan fingerprint density at radius 2 is 1.62 bits per heavy atom. The molecule has 5 rings (SSSR count). The summed E-state index contributed by atoms with van der Waals surface area (Å²) in [7, 11) is 0. The molecule has 1 unspecified atom stereocenters. The number of fused-ring (bicyclic) bond motifs is 3. The molecule has 0 N–H and O–H groups in total. The second-order valence-electron chi connectivity index (χ2n) is 7.75. The van der Waals surface area contributed by atoms with Gasteiger partial charge in [0.1, 0.15) is 12.6 Å². The van der Waals surface area contributed by atoms with Crippen molar-refractivity contribution in [2.24, 2.45) is 0 Å². The Balaban J connectivity index is 1.62. The molecule has 1 saturated carbocycles. The Bertz CT molecular complexity index is 1070. The van der Waals surface area contributed by atoms with Gasteiger partial charge in [0.25, 0.3) is 0 Å². The summed E-state index contributed by atoms with van der Waals surface area (Å²) in [4.78, 5) is 29.4. The van der Waals surface area contributed by atoms with E-state index in [1.165, 1.54) is 0 Å². The number of nitrogens with zero attached hydrogens (tertiary/aromatic N) is 3. The number of anilines is 1. The number of amides is 2. The van der Waals surface area contributed by atoms with E-state index in [1.807, 2.05) is 59.6 Å². The predicted octanol–water partition coefficient (Wildman–Crippen LogP) is 3.92. The quantitative estimate of drug-likeness (QED) is 0.683. The molecule has 1 aromatic heterocycles. The maximum Gasteiger partial charge on any atom is 0.247 e. The van der Waals surface area contributed by atoms with E-state index < -0.39 is 0 Å². The summed E-state index contributed by atoms with van der Waals surface area (Å²) >= 11 is 0. The minimum atomic E-state index is -0.235. The Morgan fingerprint density at radius 1 is 0.931 bits per heavy atom. The smallest absolute Gasteiger partial charge is 0.247 e. The zero-order chi connectivity index (χ0) is 20.0. The van der Waals surface area contributed by atoms with Crippen LogP contribution >= 0.6 is 0 Å². The molecule has 3 aromatic rings. The number of para-hydroxylation sites is 2. The van der Waals surface area contributed by atoms with E-state index in [1.54, 1.807) is 11.8 Å². The number of carbonyl (C=O) groups is 2. The molecule has 2 aliphatic rings. The van der Waals surface area contributed by atoms with Crippen molar-refractivity contribution < 1.29 is 9.59 Å². The molecule has 1 atom stereocenters. The van der Waals surface area contributed by atoms with Crippen LogP contribution in [0, 0.1) is 0 Å². The fourth-order valence-corrected chi connectivity index (χ4v) is 4.32. The first-order valence-corrected chi connectivity index (χ1v) is 10.1. The lowest BCUT2D eigenvalue weighted by Crippen LogP contribution is -2.47. The van der Waals surface area contributed by atoms with Gasteiger partial charge in [-0.2, -0.15) is 0 Å². The van der Waals surface area contributed by atoms with Gasteiger partial charge in [-0.15, -0.1) is 0 Å². The highest BCUT2D eigenvalue weighted by atomic mass is 16.2. The Kier molecular flexibility index (Phi) is 4.23. The number of hydrogen-bond acceptors (Lipinski definition) is 2. The van der Waals surface area contributed by atoms with E-state index in [0.29, 0.717) is 0 Å². The topological polar surface area (TPSA) is 45.6 Å². The highest BCUT2D eigenvalue weighted by Gasteiger charge is 2.39. The molecule has 0 saturated heterocycles. The van der Waals surface area contributed by atoms with E-state index in [4.69, 9.17) is 0 Å². The van der Waals surface area contributed by atoms with Crippen molar-refractivity contribution >= 4 is 17.5 Å². The lowest BCUT2D eigenvalue weighted by molar-refractivity contribution is -0.134. The molecular formula is C24H23N3O2. The third kappa shape index (κ3) is 3.03. The van der Waals surface area contributed by atoms with Gasteiger partial charge in [0.05, 0.1) is 17.1 Å². The summed E-state index contributed by atoms with van der Waals surface area (Å²) in [5.41, 5.74) is 3.95. The molecular weight excluding hydrogens is 362 g/mol. The molecule has 2 amide bonds. The monoisotopic (exact) mass is 385 g/mol. The van der Waals surface area contributed by atoms with Crippen LogP contribution in [0.2, 0.25) is 0 Å². The Labute approximate surface area is 170 Å². The maximum absolute atomic E-state index is 13.6. The third-order valence-corrected chi connectivity index (χ3v) is 5.80. The predicted molar refractivity (Wildman–Crippen MR) is 112 cm³/mol. The van der Waals surface area contributed by atoms with Gasteiger partial charge >= 0.3 is 0 Å². The molecule has 29 heavy (non-hydrogen) atoms. The van der Waals surface area contributed by atoms with Gasteiger partial charge < -0.3 is 9.47 Å². The van der Waals surface area contributed by atoms with Gasteiger partial charge in [0.2, 0.25) is 11.8 Å². The van der Waals surface area contributed by atoms with Crippen LogP contribution in [0.4, 0.5) is 5.69 Å². The van der Waals surface area contributed by atoms with Gasteiger partial charge in [-0.05, 0) is 42.7 Å². The first-order chi connectivity index (χ1) is 14.1. The average Bonchev–Trinajstić information content (AvgIpc) is 3.46. The highest BCUT2D eigenvalue weighted by molar-refractivity contribution is 6.00. The molecule has 5 nitrogen and oxygen atoms in total. The molecule has 1 aliphatic heterocycles. The van der Waals surface area contributed by atoms with Crippen molar-refractivity contribution in [1.29, 1.82) is 0 Å². The molecule has 146 valence electrons. The van der Waals surface area contributed by atoms with Gasteiger partial charge in [-0.25, -0.2) is 0 Å². The van der Waals surface area contributed by atoms with Gasteiger partial charge in [-0.3, -0.25) is 14.5 Å².